The van der Waals surface area contributed by atoms with E-state index in [-0.39, 0.29) is 0 Å². The molecule has 0 atom stereocenters. The zero-order valence-corrected chi connectivity index (χ0v) is 8.62. The summed E-state index contributed by atoms with van der Waals surface area (Å²) in [5.41, 5.74) is 0.893. The van der Waals surface area contributed by atoms with Crippen molar-refractivity contribution in [2.45, 2.75) is 0 Å². The average molecular weight is 274 g/mol. The molecule has 62 valence electrons. The Bertz CT molecular complexity index is 410. The molecule has 0 bridgehead atoms. The second-order valence-corrected chi connectivity index (χ2v) is 3.47. The van der Waals surface area contributed by atoms with Gasteiger partial charge in [0.2, 0.25) is 0 Å². The fraction of sp³-hybridized carbons (Fsp3) is 0.125. The minimum absolute atomic E-state index is 0.812. The molecule has 0 amide bonds. The van der Waals surface area contributed by atoms with Crippen molar-refractivity contribution in [2.75, 3.05) is 7.11 Å². The smallest absolute Gasteiger partial charge is 0.147 e. The highest BCUT2D eigenvalue weighted by atomic mass is 127. The van der Waals surface area contributed by atoms with Gasteiger partial charge in [-0.3, -0.25) is 5.10 Å². The first-order valence-corrected chi connectivity index (χ1v) is 4.57. The number of aromatic amines is 1. The van der Waals surface area contributed by atoms with E-state index in [4.69, 9.17) is 4.74 Å². The van der Waals surface area contributed by atoms with Gasteiger partial charge in [-0.2, -0.15) is 5.10 Å². The van der Waals surface area contributed by atoms with Crippen LogP contribution in [0.3, 0.4) is 0 Å². The van der Waals surface area contributed by atoms with Crippen LogP contribution in [0.15, 0.2) is 18.2 Å². The van der Waals surface area contributed by atoms with Crippen molar-refractivity contribution in [3.63, 3.8) is 0 Å². The van der Waals surface area contributed by atoms with Crippen molar-refractivity contribution in [3.05, 3.63) is 21.9 Å². The van der Waals surface area contributed by atoms with Gasteiger partial charge < -0.3 is 4.74 Å². The van der Waals surface area contributed by atoms with Gasteiger partial charge in [0.1, 0.15) is 15.0 Å². The third-order valence-corrected chi connectivity index (χ3v) is 2.54. The highest BCUT2D eigenvalue weighted by Gasteiger charge is 2.05. The molecule has 0 unspecified atom stereocenters. The Kier molecular flexibility index (Phi) is 1.92. The molecule has 0 saturated carbocycles. The summed E-state index contributed by atoms with van der Waals surface area (Å²) in [5.74, 6) is 0.812. The number of para-hydroxylation sites is 1. The fourth-order valence-electron chi connectivity index (χ4n) is 1.14. The first-order chi connectivity index (χ1) is 5.83. The van der Waals surface area contributed by atoms with Crippen LogP contribution in [-0.2, 0) is 0 Å². The Morgan fingerprint density at radius 3 is 3.08 bits per heavy atom. The molecule has 2 rings (SSSR count). The summed E-state index contributed by atoms with van der Waals surface area (Å²) < 4.78 is 6.20. The second-order valence-electron chi connectivity index (χ2n) is 2.39. The van der Waals surface area contributed by atoms with Crippen LogP contribution in [0.1, 0.15) is 0 Å². The van der Waals surface area contributed by atoms with Crippen LogP contribution in [0, 0.1) is 3.70 Å². The summed E-state index contributed by atoms with van der Waals surface area (Å²) in [6, 6.07) is 5.88. The normalized spacial score (nSPS) is 10.5. The van der Waals surface area contributed by atoms with Gasteiger partial charge in [-0.05, 0) is 34.7 Å². The second kappa shape index (κ2) is 2.93. The van der Waals surface area contributed by atoms with Crippen molar-refractivity contribution in [1.29, 1.82) is 0 Å². The molecule has 0 aliphatic carbocycles. The number of benzene rings is 1. The van der Waals surface area contributed by atoms with Gasteiger partial charge in [0.05, 0.1) is 7.11 Å². The quantitative estimate of drug-likeness (QED) is 0.809. The maximum atomic E-state index is 5.15. The Balaban J connectivity index is 2.81. The Morgan fingerprint density at radius 1 is 1.50 bits per heavy atom. The number of methoxy groups -OCH3 is 1. The molecule has 0 fully saturated rings. The van der Waals surface area contributed by atoms with Crippen molar-refractivity contribution < 1.29 is 4.74 Å². The van der Waals surface area contributed by atoms with Crippen LogP contribution in [0.2, 0.25) is 0 Å². The van der Waals surface area contributed by atoms with E-state index in [1.54, 1.807) is 7.11 Å². The molecule has 4 heteroatoms. The number of ether oxygens (including phenoxy) is 1. The van der Waals surface area contributed by atoms with E-state index in [0.29, 0.717) is 0 Å². The van der Waals surface area contributed by atoms with E-state index in [1.807, 2.05) is 18.2 Å². The number of nitrogens with zero attached hydrogens (tertiary/aromatic N) is 1. The van der Waals surface area contributed by atoms with Crippen LogP contribution in [0.5, 0.6) is 5.75 Å². The Hall–Kier alpha value is -0.780. The van der Waals surface area contributed by atoms with E-state index < -0.39 is 0 Å². The van der Waals surface area contributed by atoms with Crippen molar-refractivity contribution in [1.82, 2.24) is 10.2 Å². The predicted molar refractivity (Wildman–Crippen MR) is 55.4 cm³/mol. The van der Waals surface area contributed by atoms with Gasteiger partial charge in [0, 0.05) is 5.39 Å². The highest BCUT2D eigenvalue weighted by Crippen LogP contribution is 2.25. The van der Waals surface area contributed by atoms with Crippen molar-refractivity contribution >= 4 is 33.5 Å². The first-order valence-electron chi connectivity index (χ1n) is 3.49. The molecule has 3 nitrogen and oxygen atoms in total. The number of rotatable bonds is 1. The van der Waals surface area contributed by atoms with E-state index >= 15 is 0 Å². The van der Waals surface area contributed by atoms with E-state index in [2.05, 4.69) is 32.8 Å². The predicted octanol–water partition coefficient (Wildman–Crippen LogP) is 2.18. The summed E-state index contributed by atoms with van der Waals surface area (Å²) in [7, 11) is 1.65. The first kappa shape index (κ1) is 7.85. The molecule has 0 aliphatic rings. The number of fused-ring (bicyclic) bond motifs is 1. The third kappa shape index (κ3) is 1.06. The lowest BCUT2D eigenvalue weighted by Crippen LogP contribution is -1.83. The highest BCUT2D eigenvalue weighted by molar-refractivity contribution is 14.1. The number of hydrogen-bond acceptors (Lipinski definition) is 2. The van der Waals surface area contributed by atoms with Crippen LogP contribution < -0.4 is 4.74 Å². The zero-order valence-electron chi connectivity index (χ0n) is 6.47. The maximum absolute atomic E-state index is 5.15. The minimum Gasteiger partial charge on any atom is -0.494 e. The molecule has 1 heterocycles. The topological polar surface area (TPSA) is 37.9 Å². The molecule has 0 radical (unpaired) electrons. The van der Waals surface area contributed by atoms with Crippen LogP contribution in [0.25, 0.3) is 10.9 Å². The monoisotopic (exact) mass is 274 g/mol. The fourth-order valence-corrected chi connectivity index (χ4v) is 1.70. The zero-order chi connectivity index (χ0) is 8.55. The molecular weight excluding hydrogens is 267 g/mol. The number of halogens is 1. The van der Waals surface area contributed by atoms with E-state index in [0.717, 1.165) is 20.4 Å². The number of nitrogens with one attached hydrogen (secondary N) is 1. The van der Waals surface area contributed by atoms with Gasteiger partial charge >= 0.3 is 0 Å². The van der Waals surface area contributed by atoms with Gasteiger partial charge in [0.15, 0.2) is 0 Å². The van der Waals surface area contributed by atoms with E-state index in [9.17, 15) is 0 Å². The van der Waals surface area contributed by atoms with Crippen LogP contribution >= 0.6 is 22.6 Å². The minimum atomic E-state index is 0.812. The molecule has 0 aliphatic heterocycles. The van der Waals surface area contributed by atoms with Crippen molar-refractivity contribution in [2.24, 2.45) is 0 Å². The molecule has 1 N–H and O–H groups in total. The van der Waals surface area contributed by atoms with E-state index in [1.165, 1.54) is 0 Å². The summed E-state index contributed by atoms with van der Waals surface area (Å²) in [4.78, 5) is 0. The van der Waals surface area contributed by atoms with Gasteiger partial charge in [0.25, 0.3) is 0 Å². The van der Waals surface area contributed by atoms with Gasteiger partial charge in [-0.1, -0.05) is 6.07 Å². The lowest BCUT2D eigenvalue weighted by Gasteiger charge is -1.98. The molecular formula is C8H7IN2O. The Morgan fingerprint density at radius 2 is 2.33 bits per heavy atom. The molecule has 0 spiro atoms. The SMILES string of the molecule is COc1cccc2c(I)[nH]nc12. The van der Waals surface area contributed by atoms with Crippen molar-refractivity contribution in [3.8, 4) is 5.75 Å². The summed E-state index contributed by atoms with van der Waals surface area (Å²) in [5, 5.41) is 8.15. The lowest BCUT2D eigenvalue weighted by molar-refractivity contribution is 0.419. The molecule has 1 aromatic heterocycles. The van der Waals surface area contributed by atoms with Gasteiger partial charge in [-0.25, -0.2) is 0 Å². The Labute approximate surface area is 83.3 Å². The maximum Gasteiger partial charge on any atom is 0.147 e. The third-order valence-electron chi connectivity index (χ3n) is 1.72. The summed E-state index contributed by atoms with van der Waals surface area (Å²) >= 11 is 2.21. The number of hydrogen-bond donors (Lipinski definition) is 1. The molecule has 2 aromatic rings. The number of aromatic nitrogens is 2. The van der Waals surface area contributed by atoms with Crippen LogP contribution in [0.4, 0.5) is 0 Å². The van der Waals surface area contributed by atoms with Crippen LogP contribution in [-0.4, -0.2) is 17.3 Å². The molecule has 1 aromatic carbocycles. The number of H-pyrrole nitrogens is 1. The molecule has 12 heavy (non-hydrogen) atoms. The average Bonchev–Trinajstić information content (AvgIpc) is 2.48. The standard InChI is InChI=1S/C8H7IN2O/c1-12-6-4-2-3-5-7(6)10-11-8(5)9/h2-4H,1H3,(H,10,11). The summed E-state index contributed by atoms with van der Waals surface area (Å²) in [6.45, 7) is 0. The molecule has 0 saturated heterocycles. The van der Waals surface area contributed by atoms with Gasteiger partial charge in [-0.15, -0.1) is 0 Å². The lowest BCUT2D eigenvalue weighted by atomic mass is 10.2. The largest absolute Gasteiger partial charge is 0.494 e. The summed E-state index contributed by atoms with van der Waals surface area (Å²) in [6.07, 6.45) is 0.